The van der Waals surface area contributed by atoms with Crippen LogP contribution in [0.2, 0.25) is 0 Å². The van der Waals surface area contributed by atoms with Crippen molar-refractivity contribution in [3.63, 3.8) is 0 Å². The van der Waals surface area contributed by atoms with Gasteiger partial charge in [0.15, 0.2) is 0 Å². The molecule has 0 radical (unpaired) electrons. The lowest BCUT2D eigenvalue weighted by Gasteiger charge is -2.33. The number of allylic oxidation sites excluding steroid dienone is 6. The number of piperidine rings is 1. The van der Waals surface area contributed by atoms with Gasteiger partial charge in [-0.05, 0) is 139 Å². The van der Waals surface area contributed by atoms with E-state index in [1.807, 2.05) is 51.2 Å². The van der Waals surface area contributed by atoms with E-state index in [1.165, 1.54) is 0 Å². The lowest BCUT2D eigenvalue weighted by Crippen LogP contribution is -2.46. The molecule has 3 rings (SSSR count). The van der Waals surface area contributed by atoms with Crippen molar-refractivity contribution in [1.82, 2.24) is 4.90 Å². The summed E-state index contributed by atoms with van der Waals surface area (Å²) in [5, 5.41) is 3.34. The van der Waals surface area contributed by atoms with Crippen LogP contribution in [0.15, 0.2) is 52.8 Å². The highest BCUT2D eigenvalue weighted by molar-refractivity contribution is 6.37. The fourth-order valence-electron chi connectivity index (χ4n) is 8.97. The van der Waals surface area contributed by atoms with E-state index >= 15 is 0 Å². The van der Waals surface area contributed by atoms with Crippen molar-refractivity contribution < 1.29 is 38.1 Å². The Bertz CT molecular complexity index is 1420. The summed E-state index contributed by atoms with van der Waals surface area (Å²) in [4.78, 5) is 63.8. The summed E-state index contributed by atoms with van der Waals surface area (Å²) in [6.07, 6.45) is 25.8. The summed E-state index contributed by atoms with van der Waals surface area (Å²) in [7, 11) is 3.46. The summed E-state index contributed by atoms with van der Waals surface area (Å²) in [5.41, 5.74) is 1.84. The molecule has 0 aromatic carbocycles. The zero-order chi connectivity index (χ0) is 43.2. The molecule has 3 aliphatic rings. The lowest BCUT2D eigenvalue weighted by atomic mass is 9.83. The average Bonchev–Trinajstić information content (AvgIpc) is 3.25. The molecule has 8 atom stereocenters. The molecule has 1 saturated carbocycles. The summed E-state index contributed by atoms with van der Waals surface area (Å²) in [5.74, 6) is -0.0584. The van der Waals surface area contributed by atoms with Crippen molar-refractivity contribution >= 4 is 23.9 Å². The first kappa shape index (κ1) is 50.1. The number of ether oxygens (including phenoxy) is 4. The van der Waals surface area contributed by atoms with Gasteiger partial charge in [0.25, 0.3) is 12.4 Å². The minimum atomic E-state index is -0.696. The largest absolute Gasteiger partial charge is 0.465 e. The molecule has 0 bridgehead atoms. The second kappa shape index (κ2) is 27.5. The molecule has 0 spiro atoms. The Kier molecular flexibility index (Phi) is 23.4. The number of Topliss-reactive ketones (excluding diaryl/α,β-unsaturated/α-hetero) is 2. The minimum Gasteiger partial charge on any atom is -0.465 e. The SMILES string of the molecule is COC1CCC(CCC(CCC(C)/C=C(\C)C(CC(=O)C(C)CC(C)/C=C/C=C/C=C(\C)C(CC2CCCC(C(=O)C(=O)N3CCCCC3)O2)OC)N=O)OC=O)CC1. The van der Waals surface area contributed by atoms with Crippen molar-refractivity contribution in [3.05, 3.63) is 52.5 Å². The van der Waals surface area contributed by atoms with Crippen molar-refractivity contribution in [3.8, 4) is 0 Å². The molecule has 3 fully saturated rings. The number of nitrogens with zero attached hydrogens (tertiary/aromatic N) is 2. The van der Waals surface area contributed by atoms with Crippen LogP contribution in [0.3, 0.4) is 0 Å². The molecule has 2 saturated heterocycles. The number of hydrogen-bond acceptors (Lipinski definition) is 10. The van der Waals surface area contributed by atoms with Gasteiger partial charge in [-0.1, -0.05) is 62.4 Å². The number of methoxy groups -OCH3 is 2. The molecule has 0 aromatic heterocycles. The third-order valence-electron chi connectivity index (χ3n) is 12.9. The highest BCUT2D eigenvalue weighted by Crippen LogP contribution is 2.31. The van der Waals surface area contributed by atoms with Crippen molar-refractivity contribution in [2.75, 3.05) is 27.3 Å². The van der Waals surface area contributed by atoms with Gasteiger partial charge in [-0.15, -0.1) is 0 Å². The van der Waals surface area contributed by atoms with E-state index in [-0.39, 0.29) is 48.3 Å². The van der Waals surface area contributed by atoms with Crippen LogP contribution < -0.4 is 0 Å². The number of carbonyl (C=O) groups is 4. The lowest BCUT2D eigenvalue weighted by molar-refractivity contribution is -0.157. The van der Waals surface area contributed by atoms with Crippen LogP contribution in [0.4, 0.5) is 0 Å². The third kappa shape index (κ3) is 18.1. The molecular formula is C48H76N2O9. The summed E-state index contributed by atoms with van der Waals surface area (Å²) >= 11 is 0. The van der Waals surface area contributed by atoms with Gasteiger partial charge in [0.2, 0.25) is 5.78 Å². The van der Waals surface area contributed by atoms with Gasteiger partial charge in [0.05, 0.1) is 18.3 Å². The van der Waals surface area contributed by atoms with Crippen LogP contribution in [0, 0.1) is 28.6 Å². The minimum absolute atomic E-state index is 0.0279. The van der Waals surface area contributed by atoms with Gasteiger partial charge in [0.1, 0.15) is 24.0 Å². The topological polar surface area (TPSA) is 138 Å². The van der Waals surface area contributed by atoms with Crippen LogP contribution in [0.1, 0.15) is 144 Å². The van der Waals surface area contributed by atoms with Gasteiger partial charge in [-0.25, -0.2) is 0 Å². The molecule has 1 amide bonds. The number of ketones is 2. The van der Waals surface area contributed by atoms with Gasteiger partial charge >= 0.3 is 0 Å². The van der Waals surface area contributed by atoms with Crippen LogP contribution in [-0.2, 0) is 38.1 Å². The number of rotatable bonds is 26. The molecule has 11 heteroatoms. The smallest absolute Gasteiger partial charge is 0.293 e. The Morgan fingerprint density at radius 1 is 0.847 bits per heavy atom. The highest BCUT2D eigenvalue weighted by Gasteiger charge is 2.35. The van der Waals surface area contributed by atoms with Gasteiger partial charge in [-0.3, -0.25) is 19.2 Å². The normalized spacial score (nSPS) is 25.2. The predicted octanol–water partition coefficient (Wildman–Crippen LogP) is 9.62. The zero-order valence-corrected chi connectivity index (χ0v) is 37.3. The summed E-state index contributed by atoms with van der Waals surface area (Å²) in [6, 6.07) is -0.696. The van der Waals surface area contributed by atoms with Crippen molar-refractivity contribution in [1.29, 1.82) is 0 Å². The fourth-order valence-corrected chi connectivity index (χ4v) is 8.97. The molecule has 0 aromatic rings. The highest BCUT2D eigenvalue weighted by atomic mass is 16.5. The number of hydrogen-bond donors (Lipinski definition) is 0. The van der Waals surface area contributed by atoms with Gasteiger partial charge in [-0.2, -0.15) is 4.91 Å². The monoisotopic (exact) mass is 825 g/mol. The van der Waals surface area contributed by atoms with Gasteiger partial charge < -0.3 is 23.8 Å². The number of carbonyl (C=O) groups excluding carboxylic acids is 4. The molecule has 2 aliphatic heterocycles. The molecule has 11 nitrogen and oxygen atoms in total. The number of likely N-dealkylation sites (tertiary alicyclic amines) is 1. The Morgan fingerprint density at radius 3 is 2.24 bits per heavy atom. The van der Waals surface area contributed by atoms with E-state index in [2.05, 4.69) is 25.1 Å². The second-order valence-corrected chi connectivity index (χ2v) is 17.7. The summed E-state index contributed by atoms with van der Waals surface area (Å²) < 4.78 is 22.9. The zero-order valence-electron chi connectivity index (χ0n) is 37.3. The maximum atomic E-state index is 13.2. The number of nitroso groups, excluding NO2 is 1. The molecule has 332 valence electrons. The Morgan fingerprint density at radius 2 is 1.58 bits per heavy atom. The van der Waals surface area contributed by atoms with Crippen molar-refractivity contribution in [2.45, 2.75) is 180 Å². The molecule has 0 N–H and O–H groups in total. The summed E-state index contributed by atoms with van der Waals surface area (Å²) in [6.45, 7) is 11.8. The van der Waals surface area contributed by atoms with Crippen LogP contribution >= 0.6 is 0 Å². The van der Waals surface area contributed by atoms with E-state index in [4.69, 9.17) is 18.9 Å². The standard InChI is InChI=1S/C48H76N2O9/c1-34(15-10-8-11-16-36(3)46(57-7)31-42-17-14-18-45(59-42)47(53)48(54)50-27-12-9-13-28-50)30-38(5)44(52)32-43(49-55)37(4)29-35(2)19-23-41(58-33-51)26-22-39-20-24-40(56-6)25-21-39/h8,10-11,15-16,29,33-35,38-43,45-46H,9,12-14,17-28,30-32H2,1-7H3/b11-8+,15-10+,36-16+,37-29+. The number of amides is 1. The maximum Gasteiger partial charge on any atom is 0.293 e. The fraction of sp³-hybridized carbons (Fsp3) is 0.750. The molecule has 1 aliphatic carbocycles. The van der Waals surface area contributed by atoms with E-state index in [9.17, 15) is 24.1 Å². The molecule has 2 heterocycles. The Hall–Kier alpha value is -3.28. The van der Waals surface area contributed by atoms with Crippen LogP contribution in [0.5, 0.6) is 0 Å². The molecule has 8 unspecified atom stereocenters. The quantitative estimate of drug-likeness (QED) is 0.0274. The van der Waals surface area contributed by atoms with E-state index in [1.54, 1.807) is 19.1 Å². The average molecular weight is 825 g/mol. The first-order valence-corrected chi connectivity index (χ1v) is 22.6. The first-order valence-electron chi connectivity index (χ1n) is 22.6. The molecule has 59 heavy (non-hydrogen) atoms. The van der Waals surface area contributed by atoms with E-state index < -0.39 is 23.8 Å². The molecular weight excluding hydrogens is 749 g/mol. The predicted molar refractivity (Wildman–Crippen MR) is 233 cm³/mol. The van der Waals surface area contributed by atoms with E-state index in [0.29, 0.717) is 50.8 Å². The third-order valence-corrected chi connectivity index (χ3v) is 12.9. The van der Waals surface area contributed by atoms with E-state index in [0.717, 1.165) is 94.6 Å². The van der Waals surface area contributed by atoms with Gasteiger partial charge in [0, 0.05) is 46.1 Å². The van der Waals surface area contributed by atoms with Crippen LogP contribution in [0.25, 0.3) is 0 Å². The Balaban J connectivity index is 1.40. The maximum absolute atomic E-state index is 13.2. The second-order valence-electron chi connectivity index (χ2n) is 17.7. The first-order chi connectivity index (χ1) is 28.4. The Labute approximate surface area is 355 Å². The van der Waals surface area contributed by atoms with Crippen molar-refractivity contribution in [2.24, 2.45) is 28.8 Å². The van der Waals surface area contributed by atoms with Crippen LogP contribution in [-0.4, -0.2) is 92.7 Å².